The van der Waals surface area contributed by atoms with E-state index in [1.807, 2.05) is 6.07 Å². The lowest BCUT2D eigenvalue weighted by molar-refractivity contribution is -0.116. The van der Waals surface area contributed by atoms with Gasteiger partial charge in [0.2, 0.25) is 11.0 Å². The maximum absolute atomic E-state index is 13.6. The molecule has 0 saturated carbocycles. The number of hydrogen-bond acceptors (Lipinski definition) is 13. The van der Waals surface area contributed by atoms with Crippen molar-refractivity contribution in [1.29, 1.82) is 10.5 Å². The SMILES string of the molecule is COc1cc(OC)c(C2C(C#N)=C(N)N(c3nnc(SCC(=O)Nc4ccccc4C#N)s3)C3=C2C(=O)CCC3)cc1OC. The molecule has 14 heteroatoms. The molecule has 1 aliphatic heterocycles. The minimum atomic E-state index is -0.796. The molecule has 3 N–H and O–H groups in total. The van der Waals surface area contributed by atoms with E-state index in [9.17, 15) is 20.1 Å². The molecular weight excluding hydrogens is 603 g/mol. The number of thioether (sulfide) groups is 1. The quantitative estimate of drug-likeness (QED) is 0.318. The Hall–Kier alpha value is -5.05. The third kappa shape index (κ3) is 5.65. The molecule has 0 bridgehead atoms. The van der Waals surface area contributed by atoms with Crippen molar-refractivity contribution >= 4 is 45.6 Å². The number of rotatable bonds is 9. The van der Waals surface area contributed by atoms with E-state index in [2.05, 4.69) is 21.6 Å². The van der Waals surface area contributed by atoms with Crippen LogP contribution in [0.5, 0.6) is 17.2 Å². The number of amides is 1. The van der Waals surface area contributed by atoms with Gasteiger partial charge in [0.25, 0.3) is 0 Å². The maximum Gasteiger partial charge on any atom is 0.234 e. The number of para-hydroxylation sites is 1. The van der Waals surface area contributed by atoms with Gasteiger partial charge in [-0.2, -0.15) is 10.5 Å². The lowest BCUT2D eigenvalue weighted by atomic mass is 9.75. The summed E-state index contributed by atoms with van der Waals surface area (Å²) in [4.78, 5) is 27.8. The number of hydrogen-bond donors (Lipinski definition) is 2. The fourth-order valence-corrected chi connectivity index (χ4v) is 6.93. The molecule has 2 aliphatic rings. The zero-order valence-corrected chi connectivity index (χ0v) is 25.7. The largest absolute Gasteiger partial charge is 0.496 e. The van der Waals surface area contributed by atoms with Crippen LogP contribution in [-0.2, 0) is 9.59 Å². The molecule has 0 spiro atoms. The van der Waals surface area contributed by atoms with E-state index in [0.717, 1.165) is 0 Å². The number of nitrogens with two attached hydrogens (primary N) is 1. The fourth-order valence-electron chi connectivity index (χ4n) is 5.25. The van der Waals surface area contributed by atoms with Crippen LogP contribution in [0.1, 0.15) is 36.3 Å². The average molecular weight is 630 g/mol. The van der Waals surface area contributed by atoms with Gasteiger partial charge in [-0.1, -0.05) is 35.2 Å². The van der Waals surface area contributed by atoms with Crippen molar-refractivity contribution in [2.24, 2.45) is 5.73 Å². The first-order valence-electron chi connectivity index (χ1n) is 13.4. The Labute approximate surface area is 261 Å². The van der Waals surface area contributed by atoms with Gasteiger partial charge in [0, 0.05) is 29.3 Å². The number of nitrogens with one attached hydrogen (secondary N) is 1. The minimum absolute atomic E-state index is 0.0246. The number of Topliss-reactive ketones (excluding diaryl/α,β-unsaturated/α-hetero) is 1. The number of ether oxygens (including phenoxy) is 3. The zero-order chi connectivity index (χ0) is 31.4. The second kappa shape index (κ2) is 13.1. The number of methoxy groups -OCH3 is 3. The molecule has 1 aromatic heterocycles. The number of carbonyl (C=O) groups is 2. The van der Waals surface area contributed by atoms with Crippen molar-refractivity contribution in [1.82, 2.24) is 10.2 Å². The molecule has 44 heavy (non-hydrogen) atoms. The van der Waals surface area contributed by atoms with Crippen LogP contribution in [-0.4, -0.2) is 49.0 Å². The Kier molecular flexibility index (Phi) is 9.04. The van der Waals surface area contributed by atoms with Crippen LogP contribution in [0, 0.1) is 22.7 Å². The molecule has 1 atom stereocenters. The Morgan fingerprint density at radius 2 is 1.82 bits per heavy atom. The standard InChI is InChI=1S/C30H27N7O5S2/c1-40-22-12-24(42-3)23(41-2)11-17(22)26-18(14-32)28(33)37(20-9-6-10-21(38)27(20)26)29-35-36-30(44-29)43-15-25(39)34-19-8-5-4-7-16(19)13-31/h4-5,7-8,11-12,26H,6,9-10,15,33H2,1-3H3,(H,34,39). The van der Waals surface area contributed by atoms with Crippen LogP contribution in [0.4, 0.5) is 10.8 Å². The minimum Gasteiger partial charge on any atom is -0.496 e. The number of allylic oxidation sites excluding steroid dienone is 3. The number of nitriles is 2. The summed E-state index contributed by atoms with van der Waals surface area (Å²) in [6, 6.07) is 14.4. The van der Waals surface area contributed by atoms with Gasteiger partial charge >= 0.3 is 0 Å². The predicted octanol–water partition coefficient (Wildman–Crippen LogP) is 4.47. The first kappa shape index (κ1) is 30.4. The van der Waals surface area contributed by atoms with Crippen LogP contribution in [0.2, 0.25) is 0 Å². The summed E-state index contributed by atoms with van der Waals surface area (Å²) in [5.74, 6) is 0.204. The van der Waals surface area contributed by atoms with Crippen LogP contribution in [0.15, 0.2) is 63.4 Å². The molecule has 12 nitrogen and oxygen atoms in total. The molecule has 1 aliphatic carbocycles. The summed E-state index contributed by atoms with van der Waals surface area (Å²) >= 11 is 2.36. The summed E-state index contributed by atoms with van der Waals surface area (Å²) in [6.07, 6.45) is 1.44. The topological polar surface area (TPSA) is 176 Å². The zero-order valence-electron chi connectivity index (χ0n) is 24.0. The lowest BCUT2D eigenvalue weighted by Crippen LogP contribution is -2.38. The van der Waals surface area contributed by atoms with E-state index in [1.54, 1.807) is 41.3 Å². The molecular formula is C30H27N7O5S2. The molecule has 0 saturated heterocycles. The van der Waals surface area contributed by atoms with Gasteiger partial charge in [0.1, 0.15) is 17.6 Å². The highest BCUT2D eigenvalue weighted by Gasteiger charge is 2.42. The number of carbonyl (C=O) groups excluding carboxylic acids is 2. The monoisotopic (exact) mass is 629 g/mol. The summed E-state index contributed by atoms with van der Waals surface area (Å²) in [7, 11) is 4.51. The van der Waals surface area contributed by atoms with E-state index in [1.165, 1.54) is 44.4 Å². The highest BCUT2D eigenvalue weighted by atomic mass is 32.2. The smallest absolute Gasteiger partial charge is 0.234 e. The first-order valence-corrected chi connectivity index (χ1v) is 15.2. The first-order chi connectivity index (χ1) is 21.3. The van der Waals surface area contributed by atoms with Crippen LogP contribution >= 0.6 is 23.1 Å². The van der Waals surface area contributed by atoms with E-state index in [4.69, 9.17) is 19.9 Å². The van der Waals surface area contributed by atoms with Gasteiger partial charge < -0.3 is 25.3 Å². The van der Waals surface area contributed by atoms with Gasteiger partial charge in [-0.3, -0.25) is 14.5 Å². The van der Waals surface area contributed by atoms with Crippen molar-refractivity contribution in [3.05, 3.63) is 70.2 Å². The molecule has 0 radical (unpaired) electrons. The van der Waals surface area contributed by atoms with E-state index in [-0.39, 0.29) is 28.8 Å². The molecule has 0 fully saturated rings. The van der Waals surface area contributed by atoms with Crippen LogP contribution in [0.3, 0.4) is 0 Å². The van der Waals surface area contributed by atoms with Gasteiger partial charge in [0.05, 0.1) is 55.9 Å². The summed E-state index contributed by atoms with van der Waals surface area (Å²) in [5.41, 5.74) is 9.26. The summed E-state index contributed by atoms with van der Waals surface area (Å²) in [6.45, 7) is 0. The fraction of sp³-hybridized carbons (Fsp3) is 0.267. The molecule has 224 valence electrons. The number of ketones is 1. The second-order valence-corrected chi connectivity index (χ2v) is 11.8. The Morgan fingerprint density at radius 3 is 2.52 bits per heavy atom. The number of aromatic nitrogens is 2. The lowest BCUT2D eigenvalue weighted by Gasteiger charge is -2.38. The number of benzene rings is 2. The van der Waals surface area contributed by atoms with Crippen molar-refractivity contribution < 1.29 is 23.8 Å². The average Bonchev–Trinajstić information content (AvgIpc) is 3.51. The molecule has 1 amide bonds. The van der Waals surface area contributed by atoms with Gasteiger partial charge in [-0.25, -0.2) is 0 Å². The normalized spacial score (nSPS) is 16.2. The third-order valence-electron chi connectivity index (χ3n) is 7.20. The predicted molar refractivity (Wildman–Crippen MR) is 164 cm³/mol. The number of anilines is 2. The highest BCUT2D eigenvalue weighted by Crippen LogP contribution is 2.50. The molecule has 5 rings (SSSR count). The van der Waals surface area contributed by atoms with Crippen molar-refractivity contribution in [2.75, 3.05) is 37.3 Å². The van der Waals surface area contributed by atoms with Gasteiger partial charge in [-0.05, 0) is 31.0 Å². The second-order valence-electron chi connectivity index (χ2n) is 9.61. The molecule has 3 aromatic rings. The van der Waals surface area contributed by atoms with Crippen molar-refractivity contribution in [3.8, 4) is 29.4 Å². The van der Waals surface area contributed by atoms with Crippen molar-refractivity contribution in [3.63, 3.8) is 0 Å². The highest BCUT2D eigenvalue weighted by molar-refractivity contribution is 8.01. The van der Waals surface area contributed by atoms with Crippen molar-refractivity contribution in [2.45, 2.75) is 29.5 Å². The Bertz CT molecular complexity index is 1790. The summed E-state index contributed by atoms with van der Waals surface area (Å²) < 4.78 is 17.1. The van der Waals surface area contributed by atoms with Crippen LogP contribution < -0.4 is 30.2 Å². The van der Waals surface area contributed by atoms with E-state index in [0.29, 0.717) is 74.1 Å². The Morgan fingerprint density at radius 1 is 1.09 bits per heavy atom. The Balaban J connectivity index is 1.48. The van der Waals surface area contributed by atoms with E-state index < -0.39 is 5.92 Å². The molecule has 1 unspecified atom stereocenters. The van der Waals surface area contributed by atoms with Gasteiger partial charge in [0.15, 0.2) is 21.6 Å². The summed E-state index contributed by atoms with van der Waals surface area (Å²) in [5, 5.41) is 31.3. The van der Waals surface area contributed by atoms with Gasteiger partial charge in [-0.15, -0.1) is 10.2 Å². The number of nitrogens with zero attached hydrogens (tertiary/aromatic N) is 5. The molecule has 2 heterocycles. The third-order valence-corrected chi connectivity index (χ3v) is 9.24. The molecule has 2 aromatic carbocycles. The van der Waals surface area contributed by atoms with Crippen LogP contribution in [0.25, 0.3) is 0 Å². The maximum atomic E-state index is 13.6. The van der Waals surface area contributed by atoms with E-state index >= 15 is 0 Å².